The van der Waals surface area contributed by atoms with Gasteiger partial charge in [0, 0.05) is 10.5 Å². The molecule has 0 spiro atoms. The molecule has 1 atom stereocenters. The van der Waals surface area contributed by atoms with Crippen LogP contribution in [-0.2, 0) is 0 Å². The number of benzene rings is 1. The maximum atomic E-state index is 5.56. The van der Waals surface area contributed by atoms with Gasteiger partial charge in [0.2, 0.25) is 0 Å². The number of hydrogen-bond acceptors (Lipinski definition) is 2. The van der Waals surface area contributed by atoms with Gasteiger partial charge in [0.15, 0.2) is 0 Å². The number of hydrogen-bond donors (Lipinski definition) is 2. The van der Waals surface area contributed by atoms with Crippen molar-refractivity contribution in [2.45, 2.75) is 26.8 Å². The molecule has 0 saturated heterocycles. The molecule has 3 N–H and O–H groups in total. The van der Waals surface area contributed by atoms with Gasteiger partial charge in [0.25, 0.3) is 0 Å². The van der Waals surface area contributed by atoms with Gasteiger partial charge in [-0.2, -0.15) is 0 Å². The Morgan fingerprint density at radius 2 is 2.00 bits per heavy atom. The van der Waals surface area contributed by atoms with Gasteiger partial charge >= 0.3 is 0 Å². The third-order valence-electron chi connectivity index (χ3n) is 2.49. The standard InChI is InChI=1S/C11H17BrN2/c1-7(2)11(14-13)9-5-4-6-10(12)8(9)3/h4-7,11,14H,13H2,1-3H3. The van der Waals surface area contributed by atoms with Gasteiger partial charge in [-0.3, -0.25) is 11.3 Å². The second kappa shape index (κ2) is 4.91. The summed E-state index contributed by atoms with van der Waals surface area (Å²) < 4.78 is 1.14. The van der Waals surface area contributed by atoms with Gasteiger partial charge < -0.3 is 0 Å². The number of nitrogens with two attached hydrogens (primary N) is 1. The molecular weight excluding hydrogens is 240 g/mol. The SMILES string of the molecule is Cc1c(Br)cccc1C(NN)C(C)C. The lowest BCUT2D eigenvalue weighted by atomic mass is 9.93. The van der Waals surface area contributed by atoms with Gasteiger partial charge in [0.1, 0.15) is 0 Å². The van der Waals surface area contributed by atoms with Crippen molar-refractivity contribution in [3.63, 3.8) is 0 Å². The molecule has 1 unspecified atom stereocenters. The fourth-order valence-electron chi connectivity index (χ4n) is 1.60. The van der Waals surface area contributed by atoms with E-state index in [4.69, 9.17) is 5.84 Å². The molecule has 0 fully saturated rings. The lowest BCUT2D eigenvalue weighted by molar-refractivity contribution is 0.419. The number of hydrazine groups is 1. The molecule has 0 aliphatic rings. The average Bonchev–Trinajstić information content (AvgIpc) is 2.13. The van der Waals surface area contributed by atoms with Crippen molar-refractivity contribution >= 4 is 15.9 Å². The van der Waals surface area contributed by atoms with Crippen molar-refractivity contribution in [3.05, 3.63) is 33.8 Å². The zero-order valence-corrected chi connectivity index (χ0v) is 10.4. The molecule has 0 heterocycles. The van der Waals surface area contributed by atoms with Crippen LogP contribution in [0, 0.1) is 12.8 Å². The summed E-state index contributed by atoms with van der Waals surface area (Å²) >= 11 is 3.52. The van der Waals surface area contributed by atoms with Crippen LogP contribution in [-0.4, -0.2) is 0 Å². The zero-order valence-electron chi connectivity index (χ0n) is 8.84. The summed E-state index contributed by atoms with van der Waals surface area (Å²) in [6.07, 6.45) is 0. The molecule has 0 aliphatic heterocycles. The molecule has 2 nitrogen and oxygen atoms in total. The second-order valence-electron chi connectivity index (χ2n) is 3.84. The van der Waals surface area contributed by atoms with Crippen molar-refractivity contribution in [3.8, 4) is 0 Å². The Labute approximate surface area is 94.0 Å². The first kappa shape index (κ1) is 11.7. The van der Waals surface area contributed by atoms with E-state index in [2.05, 4.69) is 48.2 Å². The first-order chi connectivity index (χ1) is 6.57. The normalized spacial score (nSPS) is 13.3. The predicted octanol–water partition coefficient (Wildman–Crippen LogP) is 2.92. The van der Waals surface area contributed by atoms with Gasteiger partial charge in [-0.1, -0.05) is 41.9 Å². The van der Waals surface area contributed by atoms with Crippen LogP contribution in [0.2, 0.25) is 0 Å². The number of rotatable bonds is 3. The molecule has 1 aromatic carbocycles. The first-order valence-corrected chi connectivity index (χ1v) is 5.58. The Hall–Kier alpha value is -0.380. The van der Waals surface area contributed by atoms with E-state index in [0.29, 0.717) is 5.92 Å². The smallest absolute Gasteiger partial charge is 0.0485 e. The van der Waals surface area contributed by atoms with Gasteiger partial charge in [-0.25, -0.2) is 0 Å². The van der Waals surface area contributed by atoms with E-state index in [-0.39, 0.29) is 6.04 Å². The van der Waals surface area contributed by atoms with Crippen LogP contribution in [0.3, 0.4) is 0 Å². The third-order valence-corrected chi connectivity index (χ3v) is 3.35. The summed E-state index contributed by atoms with van der Waals surface area (Å²) in [6.45, 7) is 6.42. The molecule has 0 radical (unpaired) electrons. The molecule has 14 heavy (non-hydrogen) atoms. The highest BCUT2D eigenvalue weighted by Crippen LogP contribution is 2.28. The highest BCUT2D eigenvalue weighted by molar-refractivity contribution is 9.10. The molecule has 0 aliphatic carbocycles. The van der Waals surface area contributed by atoms with Gasteiger partial charge in [-0.15, -0.1) is 0 Å². The van der Waals surface area contributed by atoms with Crippen molar-refractivity contribution in [2.75, 3.05) is 0 Å². The predicted molar refractivity (Wildman–Crippen MR) is 63.8 cm³/mol. The van der Waals surface area contributed by atoms with E-state index in [9.17, 15) is 0 Å². The van der Waals surface area contributed by atoms with Crippen molar-refractivity contribution in [1.82, 2.24) is 5.43 Å². The molecule has 0 saturated carbocycles. The van der Waals surface area contributed by atoms with E-state index in [1.807, 2.05) is 12.1 Å². The minimum atomic E-state index is 0.215. The third kappa shape index (κ3) is 2.35. The summed E-state index contributed by atoms with van der Waals surface area (Å²) in [7, 11) is 0. The monoisotopic (exact) mass is 256 g/mol. The fourth-order valence-corrected chi connectivity index (χ4v) is 1.98. The Morgan fingerprint density at radius 1 is 1.36 bits per heavy atom. The highest BCUT2D eigenvalue weighted by Gasteiger charge is 2.16. The molecule has 78 valence electrons. The van der Waals surface area contributed by atoms with Crippen LogP contribution in [0.1, 0.15) is 31.0 Å². The van der Waals surface area contributed by atoms with E-state index >= 15 is 0 Å². The van der Waals surface area contributed by atoms with Crippen LogP contribution >= 0.6 is 15.9 Å². The minimum absolute atomic E-state index is 0.215. The second-order valence-corrected chi connectivity index (χ2v) is 4.70. The topological polar surface area (TPSA) is 38.0 Å². The lowest BCUT2D eigenvalue weighted by Gasteiger charge is -2.22. The van der Waals surface area contributed by atoms with Crippen molar-refractivity contribution in [1.29, 1.82) is 0 Å². The fraction of sp³-hybridized carbons (Fsp3) is 0.455. The summed E-state index contributed by atoms with van der Waals surface area (Å²) in [4.78, 5) is 0. The molecular formula is C11H17BrN2. The van der Waals surface area contributed by atoms with Crippen LogP contribution in [0.5, 0.6) is 0 Å². The minimum Gasteiger partial charge on any atom is -0.271 e. The Bertz CT molecular complexity index is 310. The van der Waals surface area contributed by atoms with E-state index < -0.39 is 0 Å². The number of halogens is 1. The van der Waals surface area contributed by atoms with E-state index in [1.54, 1.807) is 0 Å². The first-order valence-electron chi connectivity index (χ1n) is 4.79. The summed E-state index contributed by atoms with van der Waals surface area (Å²) in [6, 6.07) is 6.42. The van der Waals surface area contributed by atoms with Crippen LogP contribution in [0.4, 0.5) is 0 Å². The molecule has 1 rings (SSSR count). The zero-order chi connectivity index (χ0) is 10.7. The average molecular weight is 257 g/mol. The number of nitrogens with one attached hydrogen (secondary N) is 1. The van der Waals surface area contributed by atoms with Crippen LogP contribution in [0.15, 0.2) is 22.7 Å². The Balaban J connectivity index is 3.10. The van der Waals surface area contributed by atoms with Crippen LogP contribution in [0.25, 0.3) is 0 Å². The molecule has 1 aromatic rings. The molecule has 0 bridgehead atoms. The summed E-state index contributed by atoms with van der Waals surface area (Å²) in [5.74, 6) is 6.04. The summed E-state index contributed by atoms with van der Waals surface area (Å²) in [5, 5.41) is 0. The van der Waals surface area contributed by atoms with Crippen LogP contribution < -0.4 is 11.3 Å². The molecule has 0 amide bonds. The van der Waals surface area contributed by atoms with E-state index in [1.165, 1.54) is 11.1 Å². The maximum absolute atomic E-state index is 5.56. The summed E-state index contributed by atoms with van der Waals surface area (Å²) in [5.41, 5.74) is 5.38. The highest BCUT2D eigenvalue weighted by atomic mass is 79.9. The van der Waals surface area contributed by atoms with Gasteiger partial charge in [0.05, 0.1) is 0 Å². The maximum Gasteiger partial charge on any atom is 0.0485 e. The Morgan fingerprint density at radius 3 is 2.50 bits per heavy atom. The van der Waals surface area contributed by atoms with Gasteiger partial charge in [-0.05, 0) is 30.0 Å². The Kier molecular flexibility index (Phi) is 4.11. The van der Waals surface area contributed by atoms with Crippen molar-refractivity contribution < 1.29 is 0 Å². The lowest BCUT2D eigenvalue weighted by Crippen LogP contribution is -2.32. The van der Waals surface area contributed by atoms with E-state index in [0.717, 1.165) is 4.47 Å². The molecule has 3 heteroatoms. The molecule has 0 aromatic heterocycles. The quantitative estimate of drug-likeness (QED) is 0.645. The van der Waals surface area contributed by atoms with Crippen molar-refractivity contribution in [2.24, 2.45) is 11.8 Å². The largest absolute Gasteiger partial charge is 0.271 e.